The molecule has 0 N–H and O–H groups in total. The average molecular weight is 459 g/mol. The molecule has 1 saturated heterocycles. The third-order valence-electron chi connectivity index (χ3n) is 5.00. The van der Waals surface area contributed by atoms with Gasteiger partial charge in [-0.3, -0.25) is 9.59 Å². The summed E-state index contributed by atoms with van der Waals surface area (Å²) >= 11 is 5.88. The Kier molecular flexibility index (Phi) is 7.89. The molecule has 3 rings (SSSR count). The molecule has 0 aromatic heterocycles. The molecule has 8 heteroatoms. The minimum Gasteiger partial charge on any atom is -0.493 e. The van der Waals surface area contributed by atoms with Gasteiger partial charge in [-0.1, -0.05) is 30.3 Å². The zero-order valence-electron chi connectivity index (χ0n) is 17.7. The lowest BCUT2D eigenvalue weighted by Crippen LogP contribution is -2.50. The van der Waals surface area contributed by atoms with E-state index in [0.717, 1.165) is 5.56 Å². The van der Waals surface area contributed by atoms with Crippen LogP contribution in [0.3, 0.4) is 0 Å². The van der Waals surface area contributed by atoms with Crippen molar-refractivity contribution in [3.63, 3.8) is 0 Å². The van der Waals surface area contributed by atoms with Crippen molar-refractivity contribution in [3.05, 3.63) is 77.1 Å². The van der Waals surface area contributed by atoms with Crippen molar-refractivity contribution in [2.75, 3.05) is 39.9 Å². The van der Waals surface area contributed by atoms with Crippen molar-refractivity contribution in [3.8, 4) is 11.5 Å². The highest BCUT2D eigenvalue weighted by atomic mass is 35.5. The van der Waals surface area contributed by atoms with Crippen LogP contribution in [-0.2, 0) is 4.79 Å². The van der Waals surface area contributed by atoms with E-state index in [-0.39, 0.29) is 11.5 Å². The molecular weight excluding hydrogens is 435 g/mol. The van der Waals surface area contributed by atoms with Crippen molar-refractivity contribution in [2.45, 2.75) is 0 Å². The maximum atomic E-state index is 14.0. The van der Waals surface area contributed by atoms with Crippen LogP contribution in [0.25, 0.3) is 6.08 Å². The molecule has 1 fully saturated rings. The van der Waals surface area contributed by atoms with E-state index in [1.165, 1.54) is 29.2 Å². The Morgan fingerprint density at radius 1 is 1.09 bits per heavy atom. The van der Waals surface area contributed by atoms with Gasteiger partial charge in [0.1, 0.15) is 12.4 Å². The summed E-state index contributed by atoms with van der Waals surface area (Å²) in [7, 11) is 1.55. The molecule has 1 heterocycles. The third-order valence-corrected chi connectivity index (χ3v) is 5.24. The third kappa shape index (κ3) is 5.68. The summed E-state index contributed by atoms with van der Waals surface area (Å²) in [5, 5.41) is 0.297. The number of carbonyl (C=O) groups is 2. The maximum absolute atomic E-state index is 14.0. The minimum absolute atomic E-state index is 0.0633. The van der Waals surface area contributed by atoms with Gasteiger partial charge in [-0.25, -0.2) is 4.39 Å². The zero-order valence-corrected chi connectivity index (χ0v) is 18.5. The Labute approximate surface area is 191 Å². The second kappa shape index (κ2) is 10.8. The van der Waals surface area contributed by atoms with Crippen molar-refractivity contribution in [1.29, 1.82) is 0 Å². The van der Waals surface area contributed by atoms with E-state index in [1.807, 2.05) is 6.07 Å². The Morgan fingerprint density at radius 3 is 2.50 bits per heavy atom. The fourth-order valence-electron chi connectivity index (χ4n) is 3.29. The predicted octanol–water partition coefficient (Wildman–Crippen LogP) is 4.05. The molecule has 168 valence electrons. The van der Waals surface area contributed by atoms with E-state index in [0.29, 0.717) is 49.3 Å². The number of rotatable bonds is 7. The SMILES string of the molecule is C=CCOc1ccc(C=CC(=O)N2CCN(C(=O)c3cc(Cl)ccc3F)CC2)cc1OC. The Bertz CT molecular complexity index is 1030. The first-order valence-electron chi connectivity index (χ1n) is 10.1. The quantitative estimate of drug-likeness (QED) is 0.464. The molecular formula is C24H24ClFN2O4. The molecule has 6 nitrogen and oxygen atoms in total. The number of amides is 2. The van der Waals surface area contributed by atoms with Crippen molar-refractivity contribution < 1.29 is 23.5 Å². The van der Waals surface area contributed by atoms with Gasteiger partial charge in [0.05, 0.1) is 12.7 Å². The Morgan fingerprint density at radius 2 is 1.81 bits per heavy atom. The standard InChI is InChI=1S/C24H24ClFN2O4/c1-3-14-32-21-8-4-17(15-22(21)31-2)5-9-23(29)27-10-12-28(13-11-27)24(30)19-16-18(25)6-7-20(19)26/h3-9,15-16H,1,10-14H2,2H3. The number of benzene rings is 2. The summed E-state index contributed by atoms with van der Waals surface area (Å²) in [5.41, 5.74) is 0.720. The lowest BCUT2D eigenvalue weighted by molar-refractivity contribution is -0.127. The van der Waals surface area contributed by atoms with Gasteiger partial charge in [0.2, 0.25) is 5.91 Å². The normalized spacial score (nSPS) is 13.8. The van der Waals surface area contributed by atoms with E-state index in [2.05, 4.69) is 6.58 Å². The number of ether oxygens (including phenoxy) is 2. The van der Waals surface area contributed by atoms with Gasteiger partial charge in [0.15, 0.2) is 11.5 Å². The molecule has 1 aliphatic heterocycles. The highest BCUT2D eigenvalue weighted by molar-refractivity contribution is 6.31. The largest absolute Gasteiger partial charge is 0.493 e. The van der Waals surface area contributed by atoms with Gasteiger partial charge in [-0.2, -0.15) is 0 Å². The fourth-order valence-corrected chi connectivity index (χ4v) is 3.46. The summed E-state index contributed by atoms with van der Waals surface area (Å²) in [6.45, 7) is 5.32. The monoisotopic (exact) mass is 458 g/mol. The number of nitrogens with zero attached hydrogens (tertiary/aromatic N) is 2. The van der Waals surface area contributed by atoms with Crippen LogP contribution in [-0.4, -0.2) is 61.5 Å². The number of hydrogen-bond donors (Lipinski definition) is 0. The van der Waals surface area contributed by atoms with Gasteiger partial charge >= 0.3 is 0 Å². The van der Waals surface area contributed by atoms with Crippen molar-refractivity contribution in [2.24, 2.45) is 0 Å². The predicted molar refractivity (Wildman–Crippen MR) is 122 cm³/mol. The summed E-state index contributed by atoms with van der Waals surface area (Å²) in [4.78, 5) is 28.3. The first-order valence-corrected chi connectivity index (χ1v) is 10.4. The van der Waals surface area contributed by atoms with Crippen molar-refractivity contribution >= 4 is 29.5 Å². The number of hydrogen-bond acceptors (Lipinski definition) is 4. The lowest BCUT2D eigenvalue weighted by Gasteiger charge is -2.34. The molecule has 2 aromatic carbocycles. The van der Waals surface area contributed by atoms with Crippen LogP contribution in [0.2, 0.25) is 5.02 Å². The first kappa shape index (κ1) is 23.3. The summed E-state index contributed by atoms with van der Waals surface area (Å²) in [5.74, 6) is -0.0673. The topological polar surface area (TPSA) is 59.1 Å². The fraction of sp³-hybridized carbons (Fsp3) is 0.250. The summed E-state index contributed by atoms with van der Waals surface area (Å²) < 4.78 is 24.8. The molecule has 0 radical (unpaired) electrons. The van der Waals surface area contributed by atoms with Crippen LogP contribution in [0.1, 0.15) is 15.9 Å². The average Bonchev–Trinajstić information content (AvgIpc) is 2.82. The summed E-state index contributed by atoms with van der Waals surface area (Å²) in [6, 6.07) is 9.26. The smallest absolute Gasteiger partial charge is 0.257 e. The number of halogens is 2. The van der Waals surface area contributed by atoms with Crippen LogP contribution >= 0.6 is 11.6 Å². The van der Waals surface area contributed by atoms with Crippen LogP contribution < -0.4 is 9.47 Å². The van der Waals surface area contributed by atoms with Gasteiger partial charge in [-0.15, -0.1) is 0 Å². The molecule has 2 aromatic rings. The van der Waals surface area contributed by atoms with E-state index in [9.17, 15) is 14.0 Å². The number of carbonyl (C=O) groups excluding carboxylic acids is 2. The van der Waals surface area contributed by atoms with Crippen LogP contribution in [0.5, 0.6) is 11.5 Å². The second-order valence-electron chi connectivity index (χ2n) is 7.08. The molecule has 0 saturated carbocycles. The first-order chi connectivity index (χ1) is 15.4. The lowest BCUT2D eigenvalue weighted by atomic mass is 10.1. The van der Waals surface area contributed by atoms with Crippen LogP contribution in [0.15, 0.2) is 55.1 Å². The van der Waals surface area contributed by atoms with Crippen molar-refractivity contribution in [1.82, 2.24) is 9.80 Å². The molecule has 0 unspecified atom stereocenters. The van der Waals surface area contributed by atoms with Crippen LogP contribution in [0, 0.1) is 5.82 Å². The molecule has 0 bridgehead atoms. The summed E-state index contributed by atoms with van der Waals surface area (Å²) in [6.07, 6.45) is 4.82. The van der Waals surface area contributed by atoms with E-state index in [1.54, 1.807) is 36.3 Å². The second-order valence-corrected chi connectivity index (χ2v) is 7.52. The Balaban J connectivity index is 1.58. The number of methoxy groups -OCH3 is 1. The maximum Gasteiger partial charge on any atom is 0.257 e. The molecule has 2 amide bonds. The Hall–Kier alpha value is -3.32. The molecule has 0 aliphatic carbocycles. The zero-order chi connectivity index (χ0) is 23.1. The number of piperazine rings is 1. The molecule has 0 atom stereocenters. The van der Waals surface area contributed by atoms with E-state index in [4.69, 9.17) is 21.1 Å². The van der Waals surface area contributed by atoms with Gasteiger partial charge in [0, 0.05) is 37.3 Å². The van der Waals surface area contributed by atoms with E-state index >= 15 is 0 Å². The highest BCUT2D eigenvalue weighted by Gasteiger charge is 2.25. The highest BCUT2D eigenvalue weighted by Crippen LogP contribution is 2.28. The minimum atomic E-state index is -0.614. The van der Waals surface area contributed by atoms with E-state index < -0.39 is 11.7 Å². The molecule has 1 aliphatic rings. The molecule has 0 spiro atoms. The van der Waals surface area contributed by atoms with Gasteiger partial charge in [-0.05, 0) is 42.0 Å². The van der Waals surface area contributed by atoms with Gasteiger partial charge < -0.3 is 19.3 Å². The van der Waals surface area contributed by atoms with Gasteiger partial charge in [0.25, 0.3) is 5.91 Å². The molecule has 32 heavy (non-hydrogen) atoms. The van der Waals surface area contributed by atoms with Crippen LogP contribution in [0.4, 0.5) is 4.39 Å².